The molecule has 0 aliphatic rings. The highest BCUT2D eigenvalue weighted by Crippen LogP contribution is 2.13. The summed E-state index contributed by atoms with van der Waals surface area (Å²) in [4.78, 5) is 11.8. The summed E-state index contributed by atoms with van der Waals surface area (Å²) >= 11 is 7.17. The van der Waals surface area contributed by atoms with E-state index in [1.54, 1.807) is 0 Å². The van der Waals surface area contributed by atoms with Gasteiger partial charge in [-0.25, -0.2) is 0 Å². The second-order valence-electron chi connectivity index (χ2n) is 3.60. The standard InChI is InChI=1S/C13H12ClNOS/c14-7-5-10-1-3-12(4-2-10)15-13(16)11-6-8-17-9-11/h1-4,6,8-9H,5,7H2,(H,15,16). The van der Waals surface area contributed by atoms with Crippen LogP contribution in [0, 0.1) is 0 Å². The van der Waals surface area contributed by atoms with Gasteiger partial charge in [0.25, 0.3) is 5.91 Å². The third kappa shape index (κ3) is 3.32. The van der Waals surface area contributed by atoms with Crippen molar-refractivity contribution in [2.24, 2.45) is 0 Å². The fourth-order valence-corrected chi connectivity index (χ4v) is 2.31. The lowest BCUT2D eigenvalue weighted by Crippen LogP contribution is -2.10. The molecule has 17 heavy (non-hydrogen) atoms. The Bertz CT molecular complexity index is 479. The highest BCUT2D eigenvalue weighted by molar-refractivity contribution is 7.08. The van der Waals surface area contributed by atoms with Gasteiger partial charge in [-0.05, 0) is 35.6 Å². The second-order valence-corrected chi connectivity index (χ2v) is 4.76. The summed E-state index contributed by atoms with van der Waals surface area (Å²) in [6.45, 7) is 0. The number of aryl methyl sites for hydroxylation is 1. The van der Waals surface area contributed by atoms with Gasteiger partial charge in [0.15, 0.2) is 0 Å². The van der Waals surface area contributed by atoms with E-state index < -0.39 is 0 Å². The molecule has 0 aliphatic heterocycles. The van der Waals surface area contributed by atoms with Gasteiger partial charge in [0.2, 0.25) is 0 Å². The number of benzene rings is 1. The molecule has 1 aromatic carbocycles. The number of hydrogen-bond acceptors (Lipinski definition) is 2. The van der Waals surface area contributed by atoms with E-state index in [2.05, 4.69) is 5.32 Å². The number of hydrogen-bond donors (Lipinski definition) is 1. The van der Waals surface area contributed by atoms with Crippen molar-refractivity contribution in [3.63, 3.8) is 0 Å². The first kappa shape index (κ1) is 12.1. The van der Waals surface area contributed by atoms with Gasteiger partial charge >= 0.3 is 0 Å². The molecule has 0 spiro atoms. The Morgan fingerprint density at radius 3 is 2.59 bits per heavy atom. The van der Waals surface area contributed by atoms with Crippen molar-refractivity contribution in [2.45, 2.75) is 6.42 Å². The minimum atomic E-state index is -0.0728. The molecule has 2 nitrogen and oxygen atoms in total. The van der Waals surface area contributed by atoms with E-state index in [9.17, 15) is 4.79 Å². The second kappa shape index (κ2) is 5.84. The van der Waals surface area contributed by atoms with Crippen LogP contribution in [0.1, 0.15) is 15.9 Å². The van der Waals surface area contributed by atoms with Crippen LogP contribution < -0.4 is 5.32 Å². The molecule has 0 unspecified atom stereocenters. The highest BCUT2D eigenvalue weighted by Gasteiger charge is 2.05. The Labute approximate surface area is 109 Å². The number of carbonyl (C=O) groups is 1. The van der Waals surface area contributed by atoms with E-state index in [0.29, 0.717) is 11.4 Å². The van der Waals surface area contributed by atoms with E-state index in [1.165, 1.54) is 16.9 Å². The molecular formula is C13H12ClNOS. The van der Waals surface area contributed by atoms with E-state index in [4.69, 9.17) is 11.6 Å². The molecule has 0 radical (unpaired) electrons. The quantitative estimate of drug-likeness (QED) is 0.838. The van der Waals surface area contributed by atoms with Gasteiger partial charge in [-0.15, -0.1) is 11.6 Å². The number of amides is 1. The Balaban J connectivity index is 2.01. The van der Waals surface area contributed by atoms with Gasteiger partial charge < -0.3 is 5.32 Å². The first-order valence-electron chi connectivity index (χ1n) is 5.28. The molecule has 0 saturated heterocycles. The largest absolute Gasteiger partial charge is 0.322 e. The maximum Gasteiger partial charge on any atom is 0.256 e. The molecule has 1 N–H and O–H groups in total. The number of thiophene rings is 1. The maximum atomic E-state index is 11.8. The van der Waals surface area contributed by atoms with E-state index in [0.717, 1.165) is 12.1 Å². The van der Waals surface area contributed by atoms with Gasteiger partial charge in [0.1, 0.15) is 0 Å². The molecule has 0 atom stereocenters. The van der Waals surface area contributed by atoms with E-state index >= 15 is 0 Å². The fourth-order valence-electron chi connectivity index (χ4n) is 1.46. The normalized spacial score (nSPS) is 10.2. The number of anilines is 1. The zero-order valence-electron chi connectivity index (χ0n) is 9.15. The SMILES string of the molecule is O=C(Nc1ccc(CCCl)cc1)c1ccsc1. The van der Waals surface area contributed by atoms with Crippen molar-refractivity contribution >= 4 is 34.5 Å². The van der Waals surface area contributed by atoms with Gasteiger partial charge in [0.05, 0.1) is 5.56 Å². The van der Waals surface area contributed by atoms with E-state index in [1.807, 2.05) is 41.1 Å². The number of alkyl halides is 1. The van der Waals surface area contributed by atoms with E-state index in [-0.39, 0.29) is 5.91 Å². The predicted molar refractivity (Wildman–Crippen MR) is 73.1 cm³/mol. The van der Waals surface area contributed by atoms with Gasteiger partial charge in [-0.1, -0.05) is 12.1 Å². The molecule has 0 bridgehead atoms. The lowest BCUT2D eigenvalue weighted by atomic mass is 10.1. The average Bonchev–Trinajstić information content (AvgIpc) is 2.86. The topological polar surface area (TPSA) is 29.1 Å². The Morgan fingerprint density at radius 2 is 2.00 bits per heavy atom. The van der Waals surface area contributed by atoms with Crippen molar-refractivity contribution in [3.8, 4) is 0 Å². The Kier molecular flexibility index (Phi) is 4.18. The minimum absolute atomic E-state index is 0.0728. The molecular weight excluding hydrogens is 254 g/mol. The number of nitrogens with one attached hydrogen (secondary N) is 1. The van der Waals surface area contributed by atoms with Crippen molar-refractivity contribution in [1.29, 1.82) is 0 Å². The zero-order valence-corrected chi connectivity index (χ0v) is 10.7. The Morgan fingerprint density at radius 1 is 1.24 bits per heavy atom. The molecule has 4 heteroatoms. The van der Waals surface area contributed by atoms with Crippen LogP contribution >= 0.6 is 22.9 Å². The molecule has 1 heterocycles. The first-order valence-corrected chi connectivity index (χ1v) is 6.76. The highest BCUT2D eigenvalue weighted by atomic mass is 35.5. The molecule has 0 saturated carbocycles. The molecule has 1 amide bonds. The van der Waals surface area contributed by atoms with Crippen LogP contribution in [0.15, 0.2) is 41.1 Å². The number of carbonyl (C=O) groups excluding carboxylic acids is 1. The average molecular weight is 266 g/mol. The van der Waals surface area contributed by atoms with Crippen LogP contribution in [0.2, 0.25) is 0 Å². The van der Waals surface area contributed by atoms with Crippen molar-refractivity contribution in [3.05, 3.63) is 52.2 Å². The third-order valence-corrected chi connectivity index (χ3v) is 3.25. The summed E-state index contributed by atoms with van der Waals surface area (Å²) in [5.41, 5.74) is 2.67. The summed E-state index contributed by atoms with van der Waals surface area (Å²) < 4.78 is 0. The number of rotatable bonds is 4. The molecule has 2 aromatic rings. The van der Waals surface area contributed by atoms with Crippen LogP contribution in [0.4, 0.5) is 5.69 Å². The van der Waals surface area contributed by atoms with Crippen LogP contribution in [0.3, 0.4) is 0 Å². The monoisotopic (exact) mass is 265 g/mol. The zero-order chi connectivity index (χ0) is 12.1. The minimum Gasteiger partial charge on any atom is -0.322 e. The maximum absolute atomic E-state index is 11.8. The first-order chi connectivity index (χ1) is 8.29. The smallest absolute Gasteiger partial charge is 0.256 e. The Hall–Kier alpha value is -1.32. The lowest BCUT2D eigenvalue weighted by Gasteiger charge is -2.04. The lowest BCUT2D eigenvalue weighted by molar-refractivity contribution is 0.102. The van der Waals surface area contributed by atoms with Crippen molar-refractivity contribution < 1.29 is 4.79 Å². The van der Waals surface area contributed by atoms with Crippen LogP contribution in [0.5, 0.6) is 0 Å². The van der Waals surface area contributed by atoms with Gasteiger partial charge in [-0.2, -0.15) is 11.3 Å². The van der Waals surface area contributed by atoms with Crippen molar-refractivity contribution in [2.75, 3.05) is 11.2 Å². The summed E-state index contributed by atoms with van der Waals surface area (Å²) in [5.74, 6) is 0.539. The predicted octanol–water partition coefficient (Wildman–Crippen LogP) is 3.78. The van der Waals surface area contributed by atoms with Crippen molar-refractivity contribution in [1.82, 2.24) is 0 Å². The van der Waals surface area contributed by atoms with Crippen LogP contribution in [-0.2, 0) is 6.42 Å². The summed E-state index contributed by atoms with van der Waals surface area (Å²) in [5, 5.41) is 6.57. The third-order valence-electron chi connectivity index (χ3n) is 2.38. The molecule has 0 aliphatic carbocycles. The van der Waals surface area contributed by atoms with Crippen LogP contribution in [0.25, 0.3) is 0 Å². The molecule has 0 fully saturated rings. The summed E-state index contributed by atoms with van der Waals surface area (Å²) in [6.07, 6.45) is 0.848. The molecule has 2 rings (SSSR count). The molecule has 1 aromatic heterocycles. The summed E-state index contributed by atoms with van der Waals surface area (Å²) in [6, 6.07) is 9.55. The molecule has 88 valence electrons. The summed E-state index contributed by atoms with van der Waals surface area (Å²) in [7, 11) is 0. The van der Waals surface area contributed by atoms with Gasteiger partial charge in [-0.3, -0.25) is 4.79 Å². The number of halogens is 1. The van der Waals surface area contributed by atoms with Crippen LogP contribution in [-0.4, -0.2) is 11.8 Å². The van der Waals surface area contributed by atoms with Gasteiger partial charge in [0, 0.05) is 16.9 Å². The fraction of sp³-hybridized carbons (Fsp3) is 0.154.